The van der Waals surface area contributed by atoms with Crippen LogP contribution in [0.15, 0.2) is 12.4 Å². The van der Waals surface area contributed by atoms with E-state index in [1.54, 1.807) is 6.33 Å². The van der Waals surface area contributed by atoms with Crippen molar-refractivity contribution in [3.8, 4) is 0 Å². The summed E-state index contributed by atoms with van der Waals surface area (Å²) in [5, 5.41) is 7.09. The maximum atomic E-state index is 5.82. The minimum Gasteiger partial charge on any atom is -0.366 e. The van der Waals surface area contributed by atoms with Crippen LogP contribution in [0.25, 0.3) is 0 Å². The Balaban J connectivity index is 1.52. The number of anilines is 2. The van der Waals surface area contributed by atoms with Crippen molar-refractivity contribution in [2.75, 3.05) is 42.6 Å². The van der Waals surface area contributed by atoms with Crippen molar-refractivity contribution in [1.82, 2.24) is 25.1 Å². The third-order valence-corrected chi connectivity index (χ3v) is 4.36. The second kappa shape index (κ2) is 6.11. The molecule has 2 aromatic heterocycles. The number of hydrogen-bond acceptors (Lipinski definition) is 7. The lowest BCUT2D eigenvalue weighted by atomic mass is 10.2. The summed E-state index contributed by atoms with van der Waals surface area (Å²) in [4.78, 5) is 17.8. The summed E-state index contributed by atoms with van der Waals surface area (Å²) in [6.45, 7) is 6.21. The summed E-state index contributed by atoms with van der Waals surface area (Å²) in [5.74, 6) is 3.48. The summed E-state index contributed by atoms with van der Waals surface area (Å²) >= 11 is 0. The van der Waals surface area contributed by atoms with E-state index in [4.69, 9.17) is 4.74 Å². The summed E-state index contributed by atoms with van der Waals surface area (Å²) in [6, 6.07) is 2.08. The molecule has 2 aliphatic heterocycles. The highest BCUT2D eigenvalue weighted by molar-refractivity contribution is 5.50. The third-order valence-electron chi connectivity index (χ3n) is 4.36. The predicted octanol–water partition coefficient (Wildman–Crippen LogP) is 1.08. The number of aromatic nitrogens is 5. The molecule has 0 unspecified atom stereocenters. The van der Waals surface area contributed by atoms with Crippen molar-refractivity contribution in [2.45, 2.75) is 25.9 Å². The highest BCUT2D eigenvalue weighted by Crippen LogP contribution is 2.25. The maximum Gasteiger partial charge on any atom is 0.181 e. The van der Waals surface area contributed by atoms with E-state index in [0.717, 1.165) is 37.1 Å². The fraction of sp³-hybridized carbons (Fsp3) is 0.600. The lowest BCUT2D eigenvalue weighted by Crippen LogP contribution is -2.39. The van der Waals surface area contributed by atoms with Gasteiger partial charge >= 0.3 is 0 Å². The molecule has 0 aliphatic carbocycles. The molecular formula is C15H21N7O. The van der Waals surface area contributed by atoms with Crippen molar-refractivity contribution in [3.05, 3.63) is 24.0 Å². The topological polar surface area (TPSA) is 83.1 Å². The number of nitrogens with one attached hydrogen (secondary N) is 1. The molecule has 2 aliphatic rings. The maximum absolute atomic E-state index is 5.82. The molecule has 0 bridgehead atoms. The van der Waals surface area contributed by atoms with Gasteiger partial charge in [0.15, 0.2) is 5.82 Å². The second-order valence-electron chi connectivity index (χ2n) is 6.01. The Kier molecular flexibility index (Phi) is 3.82. The van der Waals surface area contributed by atoms with Crippen LogP contribution in [0.1, 0.15) is 30.6 Å². The van der Waals surface area contributed by atoms with Crippen LogP contribution in [0.2, 0.25) is 0 Å². The molecule has 0 spiro atoms. The monoisotopic (exact) mass is 315 g/mol. The smallest absolute Gasteiger partial charge is 0.181 e. The fourth-order valence-electron chi connectivity index (χ4n) is 3.15. The number of rotatable bonds is 3. The first-order valence-electron chi connectivity index (χ1n) is 8.12. The van der Waals surface area contributed by atoms with Gasteiger partial charge in [-0.3, -0.25) is 5.10 Å². The van der Waals surface area contributed by atoms with Gasteiger partial charge in [-0.2, -0.15) is 5.10 Å². The molecule has 0 aromatic carbocycles. The molecule has 8 heteroatoms. The summed E-state index contributed by atoms with van der Waals surface area (Å²) < 4.78 is 5.82. The first-order valence-corrected chi connectivity index (χ1v) is 8.12. The first-order chi connectivity index (χ1) is 11.3. The molecular weight excluding hydrogens is 294 g/mol. The lowest BCUT2D eigenvalue weighted by molar-refractivity contribution is 0.0339. The van der Waals surface area contributed by atoms with E-state index >= 15 is 0 Å². The van der Waals surface area contributed by atoms with E-state index in [1.807, 2.05) is 6.92 Å². The average molecular weight is 315 g/mol. The molecule has 4 heterocycles. The minimum atomic E-state index is -0.126. The molecule has 4 rings (SSSR count). The molecule has 0 saturated carbocycles. The van der Waals surface area contributed by atoms with Crippen LogP contribution in [0, 0.1) is 6.92 Å². The highest BCUT2D eigenvalue weighted by Gasteiger charge is 2.26. The molecule has 1 atom stereocenters. The Labute approximate surface area is 134 Å². The molecule has 0 amide bonds. The van der Waals surface area contributed by atoms with Crippen LogP contribution in [0.3, 0.4) is 0 Å². The van der Waals surface area contributed by atoms with Crippen LogP contribution in [0.4, 0.5) is 11.6 Å². The highest BCUT2D eigenvalue weighted by atomic mass is 16.5. The van der Waals surface area contributed by atoms with Gasteiger partial charge < -0.3 is 14.5 Å². The Hall–Kier alpha value is -2.22. The Bertz CT molecular complexity index is 667. The fourth-order valence-corrected chi connectivity index (χ4v) is 3.15. The number of hydrogen-bond donors (Lipinski definition) is 1. The van der Waals surface area contributed by atoms with Gasteiger partial charge in [-0.15, -0.1) is 0 Å². The third kappa shape index (κ3) is 2.98. The van der Waals surface area contributed by atoms with E-state index in [-0.39, 0.29) is 6.10 Å². The average Bonchev–Trinajstić information content (AvgIpc) is 3.27. The molecule has 8 nitrogen and oxygen atoms in total. The molecule has 2 aromatic rings. The molecule has 23 heavy (non-hydrogen) atoms. The van der Waals surface area contributed by atoms with Crippen LogP contribution in [0.5, 0.6) is 0 Å². The van der Waals surface area contributed by atoms with Crippen molar-refractivity contribution in [3.63, 3.8) is 0 Å². The molecule has 2 saturated heterocycles. The SMILES string of the molecule is Cc1nc([C@@H]2CN(c3cc(N4CCCC4)ncn3)CCO2)n[nH]1. The van der Waals surface area contributed by atoms with Gasteiger partial charge in [0.2, 0.25) is 0 Å². The van der Waals surface area contributed by atoms with Crippen LogP contribution in [-0.4, -0.2) is 57.9 Å². The Morgan fingerprint density at radius 2 is 1.91 bits per heavy atom. The zero-order valence-corrected chi connectivity index (χ0v) is 13.3. The largest absolute Gasteiger partial charge is 0.366 e. The molecule has 2 fully saturated rings. The van der Waals surface area contributed by atoms with Crippen molar-refractivity contribution in [2.24, 2.45) is 0 Å². The van der Waals surface area contributed by atoms with Gasteiger partial charge in [-0.25, -0.2) is 15.0 Å². The van der Waals surface area contributed by atoms with E-state index in [2.05, 4.69) is 41.0 Å². The number of aromatic amines is 1. The Morgan fingerprint density at radius 3 is 2.65 bits per heavy atom. The van der Waals surface area contributed by atoms with Gasteiger partial charge in [0.25, 0.3) is 0 Å². The number of H-pyrrole nitrogens is 1. The predicted molar refractivity (Wildman–Crippen MR) is 85.5 cm³/mol. The standard InChI is InChI=1S/C15H21N7O/c1-11-18-15(20-19-11)12-9-22(6-7-23-12)14-8-13(16-10-17-14)21-4-2-3-5-21/h8,10,12H,2-7,9H2,1H3,(H,18,19,20)/t12-/m0/s1. The zero-order valence-electron chi connectivity index (χ0n) is 13.3. The van der Waals surface area contributed by atoms with E-state index < -0.39 is 0 Å². The molecule has 1 N–H and O–H groups in total. The lowest BCUT2D eigenvalue weighted by Gasteiger charge is -2.32. The molecule has 0 radical (unpaired) electrons. The number of aryl methyl sites for hydroxylation is 1. The van der Waals surface area contributed by atoms with E-state index in [1.165, 1.54) is 12.8 Å². The summed E-state index contributed by atoms with van der Waals surface area (Å²) in [6.07, 6.45) is 4.01. The van der Waals surface area contributed by atoms with Gasteiger partial charge in [0.05, 0.1) is 13.2 Å². The van der Waals surface area contributed by atoms with Gasteiger partial charge in [-0.05, 0) is 19.8 Å². The number of ether oxygens (including phenoxy) is 1. The summed E-state index contributed by atoms with van der Waals surface area (Å²) in [7, 11) is 0. The first kappa shape index (κ1) is 14.4. The van der Waals surface area contributed by atoms with E-state index in [9.17, 15) is 0 Å². The Morgan fingerprint density at radius 1 is 1.13 bits per heavy atom. The quantitative estimate of drug-likeness (QED) is 0.907. The van der Waals surface area contributed by atoms with Crippen molar-refractivity contribution in [1.29, 1.82) is 0 Å². The zero-order chi connectivity index (χ0) is 15.6. The normalized spacial score (nSPS) is 21.9. The molecule has 122 valence electrons. The van der Waals surface area contributed by atoms with E-state index in [0.29, 0.717) is 19.0 Å². The van der Waals surface area contributed by atoms with Gasteiger partial charge in [0, 0.05) is 25.7 Å². The second-order valence-corrected chi connectivity index (χ2v) is 6.01. The minimum absolute atomic E-state index is 0.126. The number of morpholine rings is 1. The van der Waals surface area contributed by atoms with Gasteiger partial charge in [0.1, 0.15) is 29.9 Å². The van der Waals surface area contributed by atoms with Crippen LogP contribution < -0.4 is 9.80 Å². The van der Waals surface area contributed by atoms with Gasteiger partial charge in [-0.1, -0.05) is 0 Å². The van der Waals surface area contributed by atoms with Crippen LogP contribution in [-0.2, 0) is 4.74 Å². The summed E-state index contributed by atoms with van der Waals surface area (Å²) in [5.41, 5.74) is 0. The van der Waals surface area contributed by atoms with Crippen LogP contribution >= 0.6 is 0 Å². The number of nitrogens with zero attached hydrogens (tertiary/aromatic N) is 6. The van der Waals surface area contributed by atoms with Crippen molar-refractivity contribution < 1.29 is 4.74 Å². The van der Waals surface area contributed by atoms with Crippen molar-refractivity contribution >= 4 is 11.6 Å².